The largest absolute Gasteiger partial charge is 0.348 e. The lowest BCUT2D eigenvalue weighted by molar-refractivity contribution is 0.0949. The number of likely N-dealkylation sites (tertiary alicyclic amines) is 1. The molecule has 1 amide bonds. The molecule has 2 fully saturated rings. The van der Waals surface area contributed by atoms with Crippen LogP contribution in [0.4, 0.5) is 0 Å². The second-order valence-electron chi connectivity index (χ2n) is 10.4. The summed E-state index contributed by atoms with van der Waals surface area (Å²) in [6.07, 6.45) is 3.67. The zero-order valence-electron chi connectivity index (χ0n) is 18.7. The van der Waals surface area contributed by atoms with Crippen LogP contribution in [0.5, 0.6) is 0 Å². The van der Waals surface area contributed by atoms with Crippen LogP contribution in [-0.2, 0) is 13.1 Å². The van der Waals surface area contributed by atoms with E-state index in [-0.39, 0.29) is 17.0 Å². The van der Waals surface area contributed by atoms with Crippen LogP contribution in [-0.4, -0.2) is 38.6 Å². The van der Waals surface area contributed by atoms with Crippen molar-refractivity contribution < 1.29 is 4.79 Å². The zero-order valence-corrected chi connectivity index (χ0v) is 18.7. The Morgan fingerprint density at radius 1 is 1.27 bits per heavy atom. The number of H-pyrrole nitrogens is 2. The molecule has 4 rings (SSSR count). The Morgan fingerprint density at radius 3 is 2.70 bits per heavy atom. The average molecular weight is 412 g/mol. The van der Waals surface area contributed by atoms with Gasteiger partial charge in [0.15, 0.2) is 0 Å². The Hall–Kier alpha value is -2.41. The molecule has 1 aliphatic carbocycles. The molecule has 162 valence electrons. The Kier molecular flexibility index (Phi) is 5.12. The number of carbonyl (C=O) groups is 1. The summed E-state index contributed by atoms with van der Waals surface area (Å²) < 4.78 is 0. The summed E-state index contributed by atoms with van der Waals surface area (Å²) in [5, 5.41) is 9.87. The molecule has 7 heteroatoms. The lowest BCUT2D eigenvalue weighted by atomic mass is 9.65. The van der Waals surface area contributed by atoms with Gasteiger partial charge in [-0.05, 0) is 56.1 Å². The number of fused-ring (bicyclic) bond motifs is 2. The van der Waals surface area contributed by atoms with Crippen molar-refractivity contribution in [2.24, 2.45) is 10.8 Å². The van der Waals surface area contributed by atoms with E-state index in [9.17, 15) is 9.59 Å². The number of carbonyl (C=O) groups excluding carboxylic acids is 1. The van der Waals surface area contributed by atoms with Crippen molar-refractivity contribution in [2.75, 3.05) is 6.54 Å². The Bertz CT molecular complexity index is 1000. The molecule has 3 N–H and O–H groups in total. The number of aromatic nitrogens is 3. The van der Waals surface area contributed by atoms with E-state index in [0.717, 1.165) is 35.7 Å². The van der Waals surface area contributed by atoms with Gasteiger partial charge in [0, 0.05) is 42.6 Å². The van der Waals surface area contributed by atoms with Gasteiger partial charge in [0.05, 0.1) is 5.69 Å². The molecular formula is C23H33N5O2. The molecule has 30 heavy (non-hydrogen) atoms. The van der Waals surface area contributed by atoms with Crippen LogP contribution in [0.15, 0.2) is 16.9 Å². The molecule has 2 atom stereocenters. The summed E-state index contributed by atoms with van der Waals surface area (Å²) in [4.78, 5) is 30.6. The number of hydrogen-bond donors (Lipinski definition) is 3. The zero-order chi connectivity index (χ0) is 21.7. The highest BCUT2D eigenvalue weighted by Crippen LogP contribution is 2.52. The van der Waals surface area contributed by atoms with Gasteiger partial charge in [-0.15, -0.1) is 0 Å². The maximum absolute atomic E-state index is 12.6. The van der Waals surface area contributed by atoms with E-state index in [4.69, 9.17) is 0 Å². The first kappa shape index (κ1) is 20.8. The van der Waals surface area contributed by atoms with Gasteiger partial charge in [0.25, 0.3) is 11.5 Å². The minimum Gasteiger partial charge on any atom is -0.348 e. The van der Waals surface area contributed by atoms with E-state index in [1.165, 1.54) is 19.3 Å². The van der Waals surface area contributed by atoms with Crippen molar-refractivity contribution in [2.45, 2.75) is 73.0 Å². The molecular weight excluding hydrogens is 378 g/mol. The topological polar surface area (TPSA) is 93.9 Å². The number of aromatic amines is 2. The molecule has 7 nitrogen and oxygen atoms in total. The first-order valence-corrected chi connectivity index (χ1v) is 10.8. The number of nitrogens with zero attached hydrogens (tertiary/aromatic N) is 2. The molecule has 2 bridgehead atoms. The van der Waals surface area contributed by atoms with Gasteiger partial charge in [-0.2, -0.15) is 5.10 Å². The maximum Gasteiger partial charge on any atom is 0.261 e. The quantitative estimate of drug-likeness (QED) is 0.705. The fraction of sp³-hybridized carbons (Fsp3) is 0.609. The number of nitrogens with one attached hydrogen (secondary N) is 3. The van der Waals surface area contributed by atoms with Gasteiger partial charge in [-0.1, -0.05) is 20.8 Å². The van der Waals surface area contributed by atoms with Gasteiger partial charge < -0.3 is 10.3 Å². The Labute approximate surface area is 177 Å². The Morgan fingerprint density at radius 2 is 2.03 bits per heavy atom. The van der Waals surface area contributed by atoms with Crippen molar-refractivity contribution in [1.29, 1.82) is 0 Å². The lowest BCUT2D eigenvalue weighted by Gasteiger charge is -2.39. The second kappa shape index (κ2) is 7.38. The molecule has 3 heterocycles. The predicted molar refractivity (Wildman–Crippen MR) is 116 cm³/mol. The highest BCUT2D eigenvalue weighted by Gasteiger charge is 2.49. The lowest BCUT2D eigenvalue weighted by Crippen LogP contribution is -2.35. The summed E-state index contributed by atoms with van der Waals surface area (Å²) in [6, 6.07) is 4.08. The summed E-state index contributed by atoms with van der Waals surface area (Å²) in [5.41, 5.74) is 4.13. The summed E-state index contributed by atoms with van der Waals surface area (Å²) >= 11 is 0. The monoisotopic (exact) mass is 411 g/mol. The van der Waals surface area contributed by atoms with Crippen LogP contribution in [0, 0.1) is 24.7 Å². The molecule has 2 unspecified atom stereocenters. The molecule has 2 aromatic rings. The van der Waals surface area contributed by atoms with Gasteiger partial charge >= 0.3 is 0 Å². The third kappa shape index (κ3) is 4.08. The summed E-state index contributed by atoms with van der Waals surface area (Å²) in [5.74, 6) is -0.367. The van der Waals surface area contributed by atoms with Gasteiger partial charge in [0.2, 0.25) is 0 Å². The fourth-order valence-electron chi connectivity index (χ4n) is 5.86. The van der Waals surface area contributed by atoms with E-state index in [2.05, 4.69) is 46.2 Å². The minimum atomic E-state index is -0.367. The number of rotatable bonds is 5. The van der Waals surface area contributed by atoms with Crippen molar-refractivity contribution in [3.8, 4) is 0 Å². The molecule has 2 aliphatic rings. The van der Waals surface area contributed by atoms with Crippen LogP contribution in [0.1, 0.15) is 73.0 Å². The summed E-state index contributed by atoms with van der Waals surface area (Å²) in [6.45, 7) is 13.1. The predicted octanol–water partition coefficient (Wildman–Crippen LogP) is 3.05. The van der Waals surface area contributed by atoms with Gasteiger partial charge in [-0.25, -0.2) is 0 Å². The molecule has 1 saturated heterocycles. The standard InChI is InChI=1S/C23H33N5O2/c1-14-19(15(2)27-26-14)10-24-20(29)18-7-6-16(25-21(18)30)11-28-13-23(5)9-17(28)8-22(3,4)12-23/h6-7,17H,8-13H2,1-5H3,(H,24,29)(H,25,30)(H,26,27). The van der Waals surface area contributed by atoms with Gasteiger partial charge in [-0.3, -0.25) is 19.6 Å². The maximum atomic E-state index is 12.6. The first-order chi connectivity index (χ1) is 14.1. The Balaban J connectivity index is 1.42. The highest BCUT2D eigenvalue weighted by atomic mass is 16.2. The van der Waals surface area contributed by atoms with Crippen molar-refractivity contribution in [1.82, 2.24) is 25.4 Å². The van der Waals surface area contributed by atoms with Crippen LogP contribution in [0.2, 0.25) is 0 Å². The second-order valence-corrected chi connectivity index (χ2v) is 10.4. The fourth-order valence-corrected chi connectivity index (χ4v) is 5.86. The molecule has 1 aliphatic heterocycles. The van der Waals surface area contributed by atoms with Crippen molar-refractivity contribution in [3.05, 3.63) is 50.7 Å². The molecule has 0 aromatic carbocycles. The third-order valence-corrected chi connectivity index (χ3v) is 6.82. The minimum absolute atomic E-state index is 0.144. The smallest absolute Gasteiger partial charge is 0.261 e. The number of hydrogen-bond acceptors (Lipinski definition) is 4. The van der Waals surface area contributed by atoms with Crippen molar-refractivity contribution in [3.63, 3.8) is 0 Å². The molecule has 1 saturated carbocycles. The molecule has 0 radical (unpaired) electrons. The van der Waals surface area contributed by atoms with E-state index in [1.54, 1.807) is 6.07 Å². The normalized spacial score (nSPS) is 25.4. The van der Waals surface area contributed by atoms with E-state index < -0.39 is 0 Å². The number of pyridine rings is 1. The van der Waals surface area contributed by atoms with Crippen molar-refractivity contribution >= 4 is 5.91 Å². The SMILES string of the molecule is Cc1n[nH]c(C)c1CNC(=O)c1ccc(CN2CC3(C)CC2CC(C)(C)C3)[nH]c1=O. The molecule has 2 aromatic heterocycles. The van der Waals surface area contributed by atoms with Crippen LogP contribution in [0.3, 0.4) is 0 Å². The van der Waals surface area contributed by atoms with E-state index in [0.29, 0.717) is 23.4 Å². The van der Waals surface area contributed by atoms with Crippen LogP contribution >= 0.6 is 0 Å². The van der Waals surface area contributed by atoms with Crippen LogP contribution < -0.4 is 10.9 Å². The molecule has 0 spiro atoms. The van der Waals surface area contributed by atoms with E-state index >= 15 is 0 Å². The number of amides is 1. The van der Waals surface area contributed by atoms with E-state index in [1.807, 2.05) is 19.9 Å². The first-order valence-electron chi connectivity index (χ1n) is 10.8. The third-order valence-electron chi connectivity index (χ3n) is 6.82. The summed E-state index contributed by atoms with van der Waals surface area (Å²) in [7, 11) is 0. The highest BCUT2D eigenvalue weighted by molar-refractivity contribution is 5.93. The van der Waals surface area contributed by atoms with Crippen LogP contribution in [0.25, 0.3) is 0 Å². The average Bonchev–Trinajstić information content (AvgIpc) is 3.07. The van der Waals surface area contributed by atoms with Gasteiger partial charge in [0.1, 0.15) is 5.56 Å². The number of aryl methyl sites for hydroxylation is 2.